The molecule has 0 heterocycles. The molecule has 3 heteroatoms. The Morgan fingerprint density at radius 1 is 0.750 bits per heavy atom. The van der Waals surface area contributed by atoms with Crippen LogP contribution in [0, 0.1) is 5.82 Å². The number of hydrogen-bond donors (Lipinski definition) is 1. The quantitative estimate of drug-likeness (QED) is 0.744. The first kappa shape index (κ1) is 15.9. The van der Waals surface area contributed by atoms with Crippen LogP contribution in [0.15, 0.2) is 78.9 Å². The molecule has 1 N–H and O–H groups in total. The van der Waals surface area contributed by atoms with Gasteiger partial charge in [0.05, 0.1) is 6.42 Å². The van der Waals surface area contributed by atoms with E-state index in [-0.39, 0.29) is 11.7 Å². The smallest absolute Gasteiger partial charge is 0.224 e. The third-order valence-corrected chi connectivity index (χ3v) is 3.83. The lowest BCUT2D eigenvalue weighted by atomic mass is 10.0. The van der Waals surface area contributed by atoms with Crippen molar-refractivity contribution >= 4 is 5.91 Å². The SMILES string of the molecule is O=C(Cc1ccc(-c2ccccc2)cc1)NCc1ccc(F)cc1. The summed E-state index contributed by atoms with van der Waals surface area (Å²) in [6.45, 7) is 0.404. The molecule has 0 unspecified atom stereocenters. The van der Waals surface area contributed by atoms with Crippen molar-refractivity contribution in [1.82, 2.24) is 5.32 Å². The minimum absolute atomic E-state index is 0.0493. The van der Waals surface area contributed by atoms with Crippen molar-refractivity contribution in [3.8, 4) is 11.1 Å². The summed E-state index contributed by atoms with van der Waals surface area (Å²) in [5, 5.41) is 2.85. The third kappa shape index (κ3) is 4.29. The number of nitrogens with one attached hydrogen (secondary N) is 1. The van der Waals surface area contributed by atoms with Gasteiger partial charge >= 0.3 is 0 Å². The number of carbonyl (C=O) groups is 1. The monoisotopic (exact) mass is 319 g/mol. The summed E-state index contributed by atoms with van der Waals surface area (Å²) in [6.07, 6.45) is 0.330. The Morgan fingerprint density at radius 2 is 1.33 bits per heavy atom. The van der Waals surface area contributed by atoms with Crippen LogP contribution in [-0.4, -0.2) is 5.91 Å². The van der Waals surface area contributed by atoms with Gasteiger partial charge in [-0.15, -0.1) is 0 Å². The van der Waals surface area contributed by atoms with Crippen LogP contribution < -0.4 is 5.32 Å². The van der Waals surface area contributed by atoms with Gasteiger partial charge in [-0.2, -0.15) is 0 Å². The summed E-state index contributed by atoms with van der Waals surface area (Å²) in [5.74, 6) is -0.324. The number of rotatable bonds is 5. The minimum Gasteiger partial charge on any atom is -0.352 e. The van der Waals surface area contributed by atoms with Crippen molar-refractivity contribution in [3.63, 3.8) is 0 Å². The second kappa shape index (κ2) is 7.55. The van der Waals surface area contributed by atoms with E-state index in [1.807, 2.05) is 42.5 Å². The molecule has 0 aliphatic heterocycles. The van der Waals surface area contributed by atoms with E-state index < -0.39 is 0 Å². The maximum Gasteiger partial charge on any atom is 0.224 e. The fourth-order valence-corrected chi connectivity index (χ4v) is 2.50. The summed E-state index contributed by atoms with van der Waals surface area (Å²) in [7, 11) is 0. The highest BCUT2D eigenvalue weighted by molar-refractivity contribution is 5.78. The summed E-state index contributed by atoms with van der Waals surface area (Å²) in [5.41, 5.74) is 4.13. The highest BCUT2D eigenvalue weighted by Crippen LogP contribution is 2.19. The number of hydrogen-bond acceptors (Lipinski definition) is 1. The number of benzene rings is 3. The lowest BCUT2D eigenvalue weighted by Crippen LogP contribution is -2.24. The Hall–Kier alpha value is -2.94. The van der Waals surface area contributed by atoms with Crippen LogP contribution >= 0.6 is 0 Å². The average Bonchev–Trinajstić information content (AvgIpc) is 2.63. The molecule has 0 fully saturated rings. The summed E-state index contributed by atoms with van der Waals surface area (Å²) >= 11 is 0. The molecule has 3 aromatic carbocycles. The van der Waals surface area contributed by atoms with Crippen LogP contribution in [0.25, 0.3) is 11.1 Å². The van der Waals surface area contributed by atoms with Gasteiger partial charge in [-0.3, -0.25) is 4.79 Å². The number of amides is 1. The van der Waals surface area contributed by atoms with E-state index in [9.17, 15) is 9.18 Å². The van der Waals surface area contributed by atoms with Crippen molar-refractivity contribution in [2.24, 2.45) is 0 Å². The second-order valence-electron chi connectivity index (χ2n) is 5.64. The maximum atomic E-state index is 12.8. The van der Waals surface area contributed by atoms with Gasteiger partial charge in [-0.1, -0.05) is 66.7 Å². The van der Waals surface area contributed by atoms with Crippen LogP contribution in [-0.2, 0) is 17.8 Å². The molecule has 0 saturated carbocycles. The van der Waals surface area contributed by atoms with Gasteiger partial charge < -0.3 is 5.32 Å². The van der Waals surface area contributed by atoms with Crippen LogP contribution in [0.2, 0.25) is 0 Å². The highest BCUT2D eigenvalue weighted by atomic mass is 19.1. The fraction of sp³-hybridized carbons (Fsp3) is 0.0952. The van der Waals surface area contributed by atoms with Crippen molar-refractivity contribution in [1.29, 1.82) is 0 Å². The Balaban J connectivity index is 1.55. The molecule has 0 spiro atoms. The molecule has 3 aromatic rings. The Bertz CT molecular complexity index is 796. The Labute approximate surface area is 141 Å². The van der Waals surface area contributed by atoms with Crippen molar-refractivity contribution in [3.05, 3.63) is 95.8 Å². The van der Waals surface area contributed by atoms with E-state index >= 15 is 0 Å². The normalized spacial score (nSPS) is 10.4. The van der Waals surface area contributed by atoms with E-state index in [4.69, 9.17) is 0 Å². The molecule has 0 aromatic heterocycles. The van der Waals surface area contributed by atoms with Crippen molar-refractivity contribution in [2.75, 3.05) is 0 Å². The zero-order chi connectivity index (χ0) is 16.8. The van der Waals surface area contributed by atoms with E-state index in [0.717, 1.165) is 22.3 Å². The van der Waals surface area contributed by atoms with E-state index in [2.05, 4.69) is 17.4 Å². The summed E-state index contributed by atoms with van der Waals surface area (Å²) in [6, 6.07) is 24.2. The maximum absolute atomic E-state index is 12.8. The van der Waals surface area contributed by atoms with Crippen LogP contribution in [0.5, 0.6) is 0 Å². The van der Waals surface area contributed by atoms with Gasteiger partial charge in [-0.25, -0.2) is 4.39 Å². The van der Waals surface area contributed by atoms with Gasteiger partial charge in [0.25, 0.3) is 0 Å². The topological polar surface area (TPSA) is 29.1 Å². The number of halogens is 1. The minimum atomic E-state index is -0.274. The second-order valence-corrected chi connectivity index (χ2v) is 5.64. The van der Waals surface area contributed by atoms with E-state index in [1.165, 1.54) is 12.1 Å². The molecular formula is C21H18FNO. The third-order valence-electron chi connectivity index (χ3n) is 3.83. The molecule has 0 aliphatic carbocycles. The van der Waals surface area contributed by atoms with Crippen molar-refractivity contribution < 1.29 is 9.18 Å². The number of carbonyl (C=O) groups excluding carboxylic acids is 1. The standard InChI is InChI=1S/C21H18FNO/c22-20-12-8-17(9-13-20)15-23-21(24)14-16-6-10-19(11-7-16)18-4-2-1-3-5-18/h1-13H,14-15H2,(H,23,24). The predicted octanol–water partition coefficient (Wildman–Crippen LogP) is 4.35. The van der Waals surface area contributed by atoms with E-state index in [1.54, 1.807) is 12.1 Å². The van der Waals surface area contributed by atoms with Crippen molar-refractivity contribution in [2.45, 2.75) is 13.0 Å². The highest BCUT2D eigenvalue weighted by Gasteiger charge is 2.04. The van der Waals surface area contributed by atoms with Gasteiger partial charge in [-0.05, 0) is 34.4 Å². The molecule has 24 heavy (non-hydrogen) atoms. The fourth-order valence-electron chi connectivity index (χ4n) is 2.50. The first-order valence-corrected chi connectivity index (χ1v) is 7.86. The lowest BCUT2D eigenvalue weighted by molar-refractivity contribution is -0.120. The van der Waals surface area contributed by atoms with Gasteiger partial charge in [0, 0.05) is 6.54 Å². The first-order chi connectivity index (χ1) is 11.7. The molecule has 3 rings (SSSR count). The Kier molecular flexibility index (Phi) is 5.02. The van der Waals surface area contributed by atoms with Crippen LogP contribution in [0.3, 0.4) is 0 Å². The zero-order valence-electron chi connectivity index (χ0n) is 13.2. The van der Waals surface area contributed by atoms with Gasteiger partial charge in [0.2, 0.25) is 5.91 Å². The summed E-state index contributed by atoms with van der Waals surface area (Å²) in [4.78, 5) is 12.0. The van der Waals surface area contributed by atoms with Gasteiger partial charge in [0.1, 0.15) is 5.82 Å². The molecule has 0 saturated heterocycles. The van der Waals surface area contributed by atoms with Gasteiger partial charge in [0.15, 0.2) is 0 Å². The first-order valence-electron chi connectivity index (χ1n) is 7.86. The predicted molar refractivity (Wildman–Crippen MR) is 93.8 cm³/mol. The molecule has 2 nitrogen and oxygen atoms in total. The zero-order valence-corrected chi connectivity index (χ0v) is 13.2. The lowest BCUT2D eigenvalue weighted by Gasteiger charge is -2.07. The Morgan fingerprint density at radius 3 is 2.00 bits per heavy atom. The van der Waals surface area contributed by atoms with Crippen LogP contribution in [0.4, 0.5) is 4.39 Å². The molecule has 0 bridgehead atoms. The molecule has 0 aliphatic rings. The summed E-state index contributed by atoms with van der Waals surface area (Å²) < 4.78 is 12.8. The molecule has 0 atom stereocenters. The molecular weight excluding hydrogens is 301 g/mol. The largest absolute Gasteiger partial charge is 0.352 e. The molecule has 1 amide bonds. The van der Waals surface area contributed by atoms with Crippen LogP contribution in [0.1, 0.15) is 11.1 Å². The average molecular weight is 319 g/mol. The molecule has 0 radical (unpaired) electrons. The molecule has 120 valence electrons. The van der Waals surface area contributed by atoms with E-state index in [0.29, 0.717) is 13.0 Å².